The highest BCUT2D eigenvalue weighted by atomic mass is 32.2. The number of hydrogen-bond donors (Lipinski definition) is 2. The maximum atomic E-state index is 12.1. The largest absolute Gasteiger partial charge is 0.478 e. The van der Waals surface area contributed by atoms with Gasteiger partial charge in [-0.1, -0.05) is 13.3 Å². The third-order valence-electron chi connectivity index (χ3n) is 3.63. The van der Waals surface area contributed by atoms with Gasteiger partial charge in [-0.3, -0.25) is 0 Å². The second-order valence-electron chi connectivity index (χ2n) is 5.26. The van der Waals surface area contributed by atoms with E-state index in [0.29, 0.717) is 6.54 Å². The van der Waals surface area contributed by atoms with E-state index >= 15 is 0 Å². The Balaban J connectivity index is 2.05. The Bertz CT molecular complexity index is 591. The summed E-state index contributed by atoms with van der Waals surface area (Å²) in [5.74, 6) is -1.13. The minimum Gasteiger partial charge on any atom is -0.478 e. The molecule has 1 aliphatic carbocycles. The van der Waals surface area contributed by atoms with Gasteiger partial charge >= 0.3 is 5.97 Å². The summed E-state index contributed by atoms with van der Waals surface area (Å²) in [6.07, 6.45) is 5.20. The molecule has 1 aliphatic rings. The number of aromatic nitrogens is 1. The van der Waals surface area contributed by atoms with E-state index in [0.717, 1.165) is 31.9 Å². The van der Waals surface area contributed by atoms with Crippen molar-refractivity contribution in [2.24, 2.45) is 5.41 Å². The number of pyridine rings is 1. The predicted molar refractivity (Wildman–Crippen MR) is 73.0 cm³/mol. The van der Waals surface area contributed by atoms with Gasteiger partial charge < -0.3 is 5.11 Å². The number of carboxylic acids is 1. The van der Waals surface area contributed by atoms with Crippen molar-refractivity contribution in [3.8, 4) is 0 Å². The van der Waals surface area contributed by atoms with Crippen LogP contribution in [0.1, 0.15) is 43.0 Å². The van der Waals surface area contributed by atoms with Crippen LogP contribution < -0.4 is 4.72 Å². The van der Waals surface area contributed by atoms with Crippen LogP contribution in [0.25, 0.3) is 0 Å². The van der Waals surface area contributed by atoms with Gasteiger partial charge in [0, 0.05) is 12.7 Å². The lowest BCUT2D eigenvalue weighted by Crippen LogP contribution is -2.30. The summed E-state index contributed by atoms with van der Waals surface area (Å²) in [5, 5.41) is 8.61. The van der Waals surface area contributed by atoms with Crippen LogP contribution in [0, 0.1) is 5.41 Å². The summed E-state index contributed by atoms with van der Waals surface area (Å²) in [6, 6.07) is 2.45. The molecule has 1 aromatic heterocycles. The van der Waals surface area contributed by atoms with E-state index in [1.165, 1.54) is 12.1 Å². The molecular formula is C13H18N2O4S. The number of nitrogens with one attached hydrogen (secondary N) is 1. The SMILES string of the molecule is CCCC1(CNS(=O)(=O)c2ccc(C(=O)O)cn2)CC1. The fourth-order valence-corrected chi connectivity index (χ4v) is 3.29. The van der Waals surface area contributed by atoms with Crippen molar-refractivity contribution >= 4 is 16.0 Å². The van der Waals surface area contributed by atoms with Crippen LogP contribution in [0.3, 0.4) is 0 Å². The van der Waals surface area contributed by atoms with E-state index in [1.807, 2.05) is 0 Å². The summed E-state index contributed by atoms with van der Waals surface area (Å²) < 4.78 is 26.7. The van der Waals surface area contributed by atoms with Gasteiger partial charge in [-0.25, -0.2) is 22.9 Å². The Labute approximate surface area is 118 Å². The monoisotopic (exact) mass is 298 g/mol. The van der Waals surface area contributed by atoms with Gasteiger partial charge in [0.25, 0.3) is 10.0 Å². The van der Waals surface area contributed by atoms with Crippen molar-refractivity contribution in [2.75, 3.05) is 6.54 Å². The molecule has 20 heavy (non-hydrogen) atoms. The van der Waals surface area contributed by atoms with Crippen molar-refractivity contribution in [3.63, 3.8) is 0 Å². The van der Waals surface area contributed by atoms with E-state index in [4.69, 9.17) is 5.11 Å². The maximum absolute atomic E-state index is 12.1. The standard InChI is InChI=1S/C13H18N2O4S/c1-2-5-13(6-7-13)9-15-20(18,19)11-4-3-10(8-14-11)12(16)17/h3-4,8,15H,2,5-7,9H2,1H3,(H,16,17). The van der Waals surface area contributed by atoms with Gasteiger partial charge in [0.2, 0.25) is 0 Å². The topological polar surface area (TPSA) is 96.4 Å². The number of sulfonamides is 1. The molecule has 0 saturated heterocycles. The maximum Gasteiger partial charge on any atom is 0.337 e. The number of carbonyl (C=O) groups is 1. The van der Waals surface area contributed by atoms with Gasteiger partial charge in [-0.15, -0.1) is 0 Å². The van der Waals surface area contributed by atoms with Crippen molar-refractivity contribution < 1.29 is 18.3 Å². The van der Waals surface area contributed by atoms with Gasteiger partial charge in [0.05, 0.1) is 5.56 Å². The van der Waals surface area contributed by atoms with E-state index in [-0.39, 0.29) is 16.0 Å². The molecule has 0 spiro atoms. The highest BCUT2D eigenvalue weighted by Gasteiger charge is 2.42. The Morgan fingerprint density at radius 1 is 1.45 bits per heavy atom. The summed E-state index contributed by atoms with van der Waals surface area (Å²) in [6.45, 7) is 2.51. The van der Waals surface area contributed by atoms with Gasteiger partial charge in [0.15, 0.2) is 5.03 Å². The summed E-state index contributed by atoms with van der Waals surface area (Å²) in [4.78, 5) is 14.4. The third kappa shape index (κ3) is 3.34. The first-order valence-corrected chi connectivity index (χ1v) is 8.06. The van der Waals surface area contributed by atoms with Crippen LogP contribution in [0.2, 0.25) is 0 Å². The lowest BCUT2D eigenvalue weighted by atomic mass is 10.0. The highest BCUT2D eigenvalue weighted by Crippen LogP contribution is 2.49. The second kappa shape index (κ2) is 5.49. The molecule has 0 bridgehead atoms. The zero-order valence-electron chi connectivity index (χ0n) is 11.3. The Morgan fingerprint density at radius 2 is 2.15 bits per heavy atom. The van der Waals surface area contributed by atoms with Crippen LogP contribution in [0.5, 0.6) is 0 Å². The lowest BCUT2D eigenvalue weighted by molar-refractivity contribution is 0.0696. The summed E-state index contributed by atoms with van der Waals surface area (Å²) in [7, 11) is -3.67. The molecule has 1 aromatic rings. The minimum atomic E-state index is -3.67. The molecule has 7 heteroatoms. The highest BCUT2D eigenvalue weighted by molar-refractivity contribution is 7.89. The number of hydrogen-bond acceptors (Lipinski definition) is 4. The van der Waals surface area contributed by atoms with Crippen molar-refractivity contribution in [2.45, 2.75) is 37.6 Å². The van der Waals surface area contributed by atoms with Crippen LogP contribution in [-0.4, -0.2) is 31.0 Å². The second-order valence-corrected chi connectivity index (χ2v) is 6.98. The average molecular weight is 298 g/mol. The van der Waals surface area contributed by atoms with Gasteiger partial charge in [-0.2, -0.15) is 0 Å². The summed E-state index contributed by atoms with van der Waals surface area (Å²) >= 11 is 0. The fraction of sp³-hybridized carbons (Fsp3) is 0.538. The zero-order valence-corrected chi connectivity index (χ0v) is 12.1. The van der Waals surface area contributed by atoms with E-state index in [2.05, 4.69) is 16.6 Å². The first-order valence-electron chi connectivity index (χ1n) is 6.58. The van der Waals surface area contributed by atoms with E-state index < -0.39 is 16.0 Å². The normalized spacial score (nSPS) is 16.9. The molecule has 0 atom stereocenters. The van der Waals surface area contributed by atoms with E-state index in [1.54, 1.807) is 0 Å². The van der Waals surface area contributed by atoms with Gasteiger partial charge in [-0.05, 0) is 36.8 Å². The Kier molecular flexibility index (Phi) is 4.10. The van der Waals surface area contributed by atoms with E-state index in [9.17, 15) is 13.2 Å². The van der Waals surface area contributed by atoms with Crippen LogP contribution >= 0.6 is 0 Å². The molecule has 2 rings (SSSR count). The molecule has 0 radical (unpaired) electrons. The number of nitrogens with zero attached hydrogens (tertiary/aromatic N) is 1. The molecule has 110 valence electrons. The zero-order chi connectivity index (χ0) is 14.8. The smallest absolute Gasteiger partial charge is 0.337 e. The lowest BCUT2D eigenvalue weighted by Gasteiger charge is -2.14. The summed E-state index contributed by atoms with van der Waals surface area (Å²) in [5.41, 5.74) is 0.0802. The average Bonchev–Trinajstić information content (AvgIpc) is 3.18. The van der Waals surface area contributed by atoms with Crippen LogP contribution in [-0.2, 0) is 10.0 Å². The molecule has 0 unspecified atom stereocenters. The number of aromatic carboxylic acids is 1. The van der Waals surface area contributed by atoms with Crippen molar-refractivity contribution in [3.05, 3.63) is 23.9 Å². The fourth-order valence-electron chi connectivity index (χ4n) is 2.21. The molecule has 0 amide bonds. The molecule has 0 aliphatic heterocycles. The third-order valence-corrected chi connectivity index (χ3v) is 4.95. The van der Waals surface area contributed by atoms with Gasteiger partial charge in [0.1, 0.15) is 0 Å². The quantitative estimate of drug-likeness (QED) is 0.797. The minimum absolute atomic E-state index is 0.0337. The molecule has 2 N–H and O–H groups in total. The number of rotatable bonds is 7. The predicted octanol–water partition coefficient (Wildman–Crippen LogP) is 1.64. The molecule has 0 aromatic carbocycles. The first kappa shape index (κ1) is 14.9. The molecular weight excluding hydrogens is 280 g/mol. The van der Waals surface area contributed by atoms with Crippen molar-refractivity contribution in [1.29, 1.82) is 0 Å². The number of carboxylic acid groups (broad SMARTS) is 1. The molecule has 6 nitrogen and oxygen atoms in total. The molecule has 1 heterocycles. The van der Waals surface area contributed by atoms with Crippen molar-refractivity contribution in [1.82, 2.24) is 9.71 Å². The molecule has 1 fully saturated rings. The Hall–Kier alpha value is -1.47. The molecule has 1 saturated carbocycles. The van der Waals surface area contributed by atoms with Crippen LogP contribution in [0.15, 0.2) is 23.4 Å². The first-order chi connectivity index (χ1) is 9.38. The Morgan fingerprint density at radius 3 is 2.60 bits per heavy atom. The van der Waals surface area contributed by atoms with Crippen LogP contribution in [0.4, 0.5) is 0 Å².